The van der Waals surface area contributed by atoms with E-state index in [1.165, 1.54) is 10.6 Å². The summed E-state index contributed by atoms with van der Waals surface area (Å²) in [6.45, 7) is 4.52. The van der Waals surface area contributed by atoms with E-state index in [1.807, 2.05) is 19.9 Å². The Bertz CT molecular complexity index is 1000. The van der Waals surface area contributed by atoms with E-state index in [-0.39, 0.29) is 5.92 Å². The fourth-order valence-corrected chi connectivity index (χ4v) is 4.34. The van der Waals surface area contributed by atoms with Gasteiger partial charge in [-0.2, -0.15) is 9.29 Å². The van der Waals surface area contributed by atoms with Crippen LogP contribution >= 0.6 is 0 Å². The predicted molar refractivity (Wildman–Crippen MR) is 89.4 cm³/mol. The van der Waals surface area contributed by atoms with E-state index < -0.39 is 10.0 Å². The van der Waals surface area contributed by atoms with Gasteiger partial charge in [0, 0.05) is 13.1 Å². The fourth-order valence-electron chi connectivity index (χ4n) is 2.72. The van der Waals surface area contributed by atoms with Crippen molar-refractivity contribution in [3.63, 3.8) is 0 Å². The molecule has 0 saturated carbocycles. The molecule has 2 aromatic heterocycles. The lowest BCUT2D eigenvalue weighted by Crippen LogP contribution is -2.48. The Labute approximate surface area is 145 Å². The summed E-state index contributed by atoms with van der Waals surface area (Å²) in [5.74, 6) is 1.22. The topological polar surface area (TPSA) is 89.4 Å². The molecule has 0 atom stereocenters. The Morgan fingerprint density at radius 2 is 1.96 bits per heavy atom. The molecule has 0 N–H and O–H groups in total. The van der Waals surface area contributed by atoms with E-state index in [2.05, 4.69) is 10.1 Å². The molecule has 1 aliphatic heterocycles. The maximum Gasteiger partial charge on any atom is 0.243 e. The van der Waals surface area contributed by atoms with Crippen LogP contribution in [0.15, 0.2) is 50.4 Å². The molecule has 0 unspecified atom stereocenters. The molecular formula is C17H17N3O4S. The Hall–Kier alpha value is -2.45. The van der Waals surface area contributed by atoms with Crippen molar-refractivity contribution in [3.05, 3.63) is 53.6 Å². The van der Waals surface area contributed by atoms with E-state index in [4.69, 9.17) is 8.94 Å². The van der Waals surface area contributed by atoms with Gasteiger partial charge in [0.1, 0.15) is 0 Å². The van der Waals surface area contributed by atoms with Gasteiger partial charge in [-0.25, -0.2) is 8.42 Å². The highest BCUT2D eigenvalue weighted by atomic mass is 32.2. The SMILES string of the molecule is Cc1ccc(S(=O)(=O)N2CC(c3nc(-c4ccco4)no3)C2)cc1C. The molecule has 1 saturated heterocycles. The summed E-state index contributed by atoms with van der Waals surface area (Å²) >= 11 is 0. The van der Waals surface area contributed by atoms with Crippen LogP contribution in [0.4, 0.5) is 0 Å². The largest absolute Gasteiger partial charge is 0.461 e. The second-order valence-electron chi connectivity index (χ2n) is 6.20. The standard InChI is InChI=1S/C17H17N3O4S/c1-11-5-6-14(8-12(11)2)25(21,22)20-9-13(10-20)17-18-16(19-24-17)15-4-3-7-23-15/h3-8,13H,9-10H2,1-2H3. The molecule has 0 radical (unpaired) electrons. The summed E-state index contributed by atoms with van der Waals surface area (Å²) in [7, 11) is -3.49. The van der Waals surface area contributed by atoms with Crippen LogP contribution < -0.4 is 0 Å². The molecule has 1 aromatic carbocycles. The zero-order valence-electron chi connectivity index (χ0n) is 13.8. The summed E-state index contributed by atoms with van der Waals surface area (Å²) < 4.78 is 37.3. The van der Waals surface area contributed by atoms with Gasteiger partial charge in [-0.1, -0.05) is 11.2 Å². The monoisotopic (exact) mass is 359 g/mol. The van der Waals surface area contributed by atoms with Crippen molar-refractivity contribution >= 4 is 10.0 Å². The molecule has 25 heavy (non-hydrogen) atoms. The number of rotatable bonds is 4. The summed E-state index contributed by atoms with van der Waals surface area (Å²) in [5.41, 5.74) is 2.02. The van der Waals surface area contributed by atoms with Crippen LogP contribution in [-0.2, 0) is 10.0 Å². The van der Waals surface area contributed by atoms with E-state index in [9.17, 15) is 8.42 Å². The molecule has 0 aliphatic carbocycles. The number of benzene rings is 1. The molecule has 1 fully saturated rings. The highest BCUT2D eigenvalue weighted by Gasteiger charge is 2.40. The number of furan rings is 1. The van der Waals surface area contributed by atoms with Crippen LogP contribution in [0.25, 0.3) is 11.6 Å². The van der Waals surface area contributed by atoms with E-state index in [0.29, 0.717) is 35.5 Å². The molecule has 0 amide bonds. The number of hydrogen-bond donors (Lipinski definition) is 0. The normalized spacial score (nSPS) is 16.1. The lowest BCUT2D eigenvalue weighted by Gasteiger charge is -2.35. The number of aromatic nitrogens is 2. The number of hydrogen-bond acceptors (Lipinski definition) is 6. The first-order valence-corrected chi connectivity index (χ1v) is 9.34. The third-order valence-electron chi connectivity index (χ3n) is 4.50. The minimum Gasteiger partial charge on any atom is -0.461 e. The molecule has 4 rings (SSSR count). The number of sulfonamides is 1. The smallest absolute Gasteiger partial charge is 0.243 e. The summed E-state index contributed by atoms with van der Waals surface area (Å²) in [6, 6.07) is 8.66. The Balaban J connectivity index is 1.49. The van der Waals surface area contributed by atoms with Crippen LogP contribution in [0.5, 0.6) is 0 Å². The maximum atomic E-state index is 12.7. The predicted octanol–water partition coefficient (Wildman–Crippen LogP) is 2.73. The average molecular weight is 359 g/mol. The van der Waals surface area contributed by atoms with E-state index in [1.54, 1.807) is 24.3 Å². The van der Waals surface area contributed by atoms with Crippen LogP contribution in [0.2, 0.25) is 0 Å². The first kappa shape index (κ1) is 16.0. The van der Waals surface area contributed by atoms with E-state index in [0.717, 1.165) is 11.1 Å². The van der Waals surface area contributed by atoms with Crippen molar-refractivity contribution in [1.82, 2.24) is 14.4 Å². The molecular weight excluding hydrogens is 342 g/mol. The van der Waals surface area contributed by atoms with Crippen molar-refractivity contribution in [2.24, 2.45) is 0 Å². The summed E-state index contributed by atoms with van der Waals surface area (Å²) in [6.07, 6.45) is 1.53. The molecule has 0 bridgehead atoms. The van der Waals surface area contributed by atoms with Crippen LogP contribution in [-0.4, -0.2) is 36.0 Å². The van der Waals surface area contributed by atoms with Crippen molar-refractivity contribution in [2.75, 3.05) is 13.1 Å². The highest BCUT2D eigenvalue weighted by Crippen LogP contribution is 2.32. The van der Waals surface area contributed by atoms with Gasteiger partial charge in [-0.05, 0) is 49.2 Å². The maximum absolute atomic E-state index is 12.7. The molecule has 8 heteroatoms. The zero-order chi connectivity index (χ0) is 17.6. The lowest BCUT2D eigenvalue weighted by molar-refractivity contribution is 0.217. The molecule has 7 nitrogen and oxygen atoms in total. The van der Waals surface area contributed by atoms with Gasteiger partial charge >= 0.3 is 0 Å². The third kappa shape index (κ3) is 2.77. The Morgan fingerprint density at radius 1 is 1.16 bits per heavy atom. The van der Waals surface area contributed by atoms with Gasteiger partial charge in [-0.3, -0.25) is 0 Å². The van der Waals surface area contributed by atoms with Crippen molar-refractivity contribution in [2.45, 2.75) is 24.7 Å². The van der Waals surface area contributed by atoms with Crippen molar-refractivity contribution < 1.29 is 17.4 Å². The van der Waals surface area contributed by atoms with Gasteiger partial charge in [0.25, 0.3) is 0 Å². The first-order valence-electron chi connectivity index (χ1n) is 7.90. The van der Waals surface area contributed by atoms with Crippen molar-refractivity contribution in [1.29, 1.82) is 0 Å². The zero-order valence-corrected chi connectivity index (χ0v) is 14.7. The Morgan fingerprint density at radius 3 is 2.64 bits per heavy atom. The highest BCUT2D eigenvalue weighted by molar-refractivity contribution is 7.89. The molecule has 0 spiro atoms. The quantitative estimate of drug-likeness (QED) is 0.711. The third-order valence-corrected chi connectivity index (χ3v) is 6.32. The number of aryl methyl sites for hydroxylation is 2. The second-order valence-corrected chi connectivity index (χ2v) is 8.14. The molecule has 3 aromatic rings. The fraction of sp³-hybridized carbons (Fsp3) is 0.294. The van der Waals surface area contributed by atoms with Gasteiger partial charge in [0.15, 0.2) is 5.76 Å². The van der Waals surface area contributed by atoms with Gasteiger partial charge in [0.05, 0.1) is 17.1 Å². The van der Waals surface area contributed by atoms with E-state index >= 15 is 0 Å². The van der Waals surface area contributed by atoms with Gasteiger partial charge in [0.2, 0.25) is 21.7 Å². The molecule has 130 valence electrons. The van der Waals surface area contributed by atoms with Crippen LogP contribution in [0, 0.1) is 13.8 Å². The molecule has 1 aliphatic rings. The van der Waals surface area contributed by atoms with Gasteiger partial charge < -0.3 is 8.94 Å². The minimum absolute atomic E-state index is 0.0995. The summed E-state index contributed by atoms with van der Waals surface area (Å²) in [4.78, 5) is 4.61. The first-order chi connectivity index (χ1) is 11.9. The second kappa shape index (κ2) is 5.82. The van der Waals surface area contributed by atoms with Crippen LogP contribution in [0.3, 0.4) is 0 Å². The Kier molecular flexibility index (Phi) is 3.73. The van der Waals surface area contributed by atoms with Gasteiger partial charge in [-0.15, -0.1) is 0 Å². The van der Waals surface area contributed by atoms with Crippen LogP contribution in [0.1, 0.15) is 22.9 Å². The lowest BCUT2D eigenvalue weighted by atomic mass is 10.0. The minimum atomic E-state index is -3.49. The van der Waals surface area contributed by atoms with Crippen molar-refractivity contribution in [3.8, 4) is 11.6 Å². The number of nitrogens with zero attached hydrogens (tertiary/aromatic N) is 3. The molecule has 3 heterocycles. The summed E-state index contributed by atoms with van der Waals surface area (Å²) in [5, 5.41) is 3.88. The average Bonchev–Trinajstić information content (AvgIpc) is 3.19.